The number of rotatable bonds is 1. The number of carbonyl (C=O) groups excluding carboxylic acids is 1. The van der Waals surface area contributed by atoms with Gasteiger partial charge in [-0.25, -0.2) is 0 Å². The molecule has 3 atom stereocenters. The Balaban J connectivity index is 1.73. The Kier molecular flexibility index (Phi) is 2.90. The summed E-state index contributed by atoms with van der Waals surface area (Å²) in [4.78, 5) is 14.3. The van der Waals surface area contributed by atoms with Crippen molar-refractivity contribution >= 4 is 5.91 Å². The van der Waals surface area contributed by atoms with Crippen molar-refractivity contribution in [3.63, 3.8) is 0 Å². The lowest BCUT2D eigenvalue weighted by Crippen LogP contribution is -2.38. The molecule has 2 fully saturated rings. The third-order valence-electron chi connectivity index (χ3n) is 4.42. The molecule has 0 spiro atoms. The summed E-state index contributed by atoms with van der Waals surface area (Å²) in [5.41, 5.74) is 6.84. The molecular weight excluding hydrogens is 228 g/mol. The number of hydrogen-bond acceptors (Lipinski definition) is 3. The van der Waals surface area contributed by atoms with Gasteiger partial charge in [-0.1, -0.05) is 6.42 Å². The van der Waals surface area contributed by atoms with Gasteiger partial charge in [-0.3, -0.25) is 4.79 Å². The minimum atomic E-state index is 0.0912. The van der Waals surface area contributed by atoms with Gasteiger partial charge in [-0.05, 0) is 37.7 Å². The number of nitrogens with two attached hydrogens (primary N) is 1. The van der Waals surface area contributed by atoms with Gasteiger partial charge in [0.1, 0.15) is 12.0 Å². The van der Waals surface area contributed by atoms with Crippen LogP contribution in [0.3, 0.4) is 0 Å². The van der Waals surface area contributed by atoms with E-state index >= 15 is 0 Å². The number of fused-ring (bicyclic) bond motifs is 1. The number of furan rings is 1. The van der Waals surface area contributed by atoms with Crippen LogP contribution in [-0.2, 0) is 0 Å². The zero-order valence-electron chi connectivity index (χ0n) is 10.8. The number of aryl methyl sites for hydroxylation is 1. The Hall–Kier alpha value is -1.29. The summed E-state index contributed by atoms with van der Waals surface area (Å²) >= 11 is 0. The first-order valence-corrected chi connectivity index (χ1v) is 6.75. The molecule has 1 aromatic heterocycles. The highest BCUT2D eigenvalue weighted by Gasteiger charge is 2.40. The Labute approximate surface area is 107 Å². The lowest BCUT2D eigenvalue weighted by atomic mass is 9.78. The van der Waals surface area contributed by atoms with Crippen LogP contribution in [-0.4, -0.2) is 29.9 Å². The molecular formula is C14H20N2O2. The predicted molar refractivity (Wildman–Crippen MR) is 68.2 cm³/mol. The van der Waals surface area contributed by atoms with Crippen molar-refractivity contribution in [1.29, 1.82) is 0 Å². The van der Waals surface area contributed by atoms with Crippen LogP contribution in [0.1, 0.15) is 35.4 Å². The maximum atomic E-state index is 12.3. The third-order valence-corrected chi connectivity index (χ3v) is 4.42. The van der Waals surface area contributed by atoms with Crippen molar-refractivity contribution in [2.75, 3.05) is 13.1 Å². The molecule has 18 heavy (non-hydrogen) atoms. The van der Waals surface area contributed by atoms with E-state index in [-0.39, 0.29) is 11.9 Å². The first kappa shape index (κ1) is 11.8. The van der Waals surface area contributed by atoms with Gasteiger partial charge in [-0.15, -0.1) is 0 Å². The summed E-state index contributed by atoms with van der Waals surface area (Å²) in [6.45, 7) is 3.53. The standard InChI is InChI=1S/C14H20N2O2/c1-9-5-11(8-18-9)14(17)16-6-10-3-2-4-13(15)12(10)7-16/h5,8,10,12-13H,2-4,6-7,15H2,1H3. The lowest BCUT2D eigenvalue weighted by molar-refractivity contribution is 0.0783. The van der Waals surface area contributed by atoms with Crippen LogP contribution in [0.4, 0.5) is 0 Å². The summed E-state index contributed by atoms with van der Waals surface area (Å²) in [6, 6.07) is 2.08. The zero-order chi connectivity index (χ0) is 12.7. The number of hydrogen-bond donors (Lipinski definition) is 1. The van der Waals surface area contributed by atoms with Crippen LogP contribution in [0.5, 0.6) is 0 Å². The van der Waals surface area contributed by atoms with Crippen molar-refractivity contribution in [3.8, 4) is 0 Å². The van der Waals surface area contributed by atoms with Gasteiger partial charge in [0.15, 0.2) is 0 Å². The molecule has 3 unspecified atom stereocenters. The van der Waals surface area contributed by atoms with Crippen molar-refractivity contribution in [2.24, 2.45) is 17.6 Å². The molecule has 0 aromatic carbocycles. The van der Waals surface area contributed by atoms with E-state index in [0.29, 0.717) is 17.4 Å². The first-order valence-electron chi connectivity index (χ1n) is 6.75. The van der Waals surface area contributed by atoms with Gasteiger partial charge < -0.3 is 15.1 Å². The summed E-state index contributed by atoms with van der Waals surface area (Å²) in [6.07, 6.45) is 5.08. The highest BCUT2D eigenvalue weighted by atomic mass is 16.3. The van der Waals surface area contributed by atoms with E-state index in [9.17, 15) is 4.79 Å². The molecule has 1 saturated heterocycles. The average molecular weight is 248 g/mol. The first-order chi connectivity index (χ1) is 8.65. The summed E-state index contributed by atoms with van der Waals surface area (Å²) in [5, 5.41) is 0. The number of likely N-dealkylation sites (tertiary alicyclic amines) is 1. The lowest BCUT2D eigenvalue weighted by Gasteiger charge is -2.29. The Morgan fingerprint density at radius 2 is 2.28 bits per heavy atom. The molecule has 0 bridgehead atoms. The van der Waals surface area contributed by atoms with Gasteiger partial charge >= 0.3 is 0 Å². The molecule has 2 N–H and O–H groups in total. The highest BCUT2D eigenvalue weighted by molar-refractivity contribution is 5.94. The predicted octanol–water partition coefficient (Wildman–Crippen LogP) is 1.79. The number of nitrogens with zero attached hydrogens (tertiary/aromatic N) is 1. The van der Waals surface area contributed by atoms with Crippen LogP contribution < -0.4 is 5.73 Å². The van der Waals surface area contributed by atoms with Gasteiger partial charge in [0.25, 0.3) is 5.91 Å². The number of amides is 1. The molecule has 4 heteroatoms. The van der Waals surface area contributed by atoms with Crippen molar-refractivity contribution in [1.82, 2.24) is 4.90 Å². The Morgan fingerprint density at radius 3 is 2.94 bits per heavy atom. The van der Waals surface area contributed by atoms with Crippen LogP contribution >= 0.6 is 0 Å². The second-order valence-electron chi connectivity index (χ2n) is 5.67. The van der Waals surface area contributed by atoms with E-state index in [2.05, 4.69) is 0 Å². The molecule has 1 saturated carbocycles. The van der Waals surface area contributed by atoms with E-state index in [0.717, 1.165) is 25.3 Å². The fraction of sp³-hybridized carbons (Fsp3) is 0.643. The second kappa shape index (κ2) is 4.43. The van der Waals surface area contributed by atoms with Crippen molar-refractivity contribution in [3.05, 3.63) is 23.7 Å². The summed E-state index contributed by atoms with van der Waals surface area (Å²) in [7, 11) is 0. The molecule has 2 heterocycles. The monoisotopic (exact) mass is 248 g/mol. The SMILES string of the molecule is Cc1cc(C(=O)N2CC3CCCC(N)C3C2)co1. The minimum absolute atomic E-state index is 0.0912. The topological polar surface area (TPSA) is 59.5 Å². The van der Waals surface area contributed by atoms with E-state index < -0.39 is 0 Å². The highest BCUT2D eigenvalue weighted by Crippen LogP contribution is 2.36. The van der Waals surface area contributed by atoms with Gasteiger partial charge in [0.2, 0.25) is 0 Å². The van der Waals surface area contributed by atoms with Crippen LogP contribution in [0.25, 0.3) is 0 Å². The quantitative estimate of drug-likeness (QED) is 0.824. The number of carbonyl (C=O) groups is 1. The van der Waals surface area contributed by atoms with E-state index in [1.807, 2.05) is 17.9 Å². The van der Waals surface area contributed by atoms with Crippen LogP contribution in [0.2, 0.25) is 0 Å². The molecule has 98 valence electrons. The molecule has 1 amide bonds. The smallest absolute Gasteiger partial charge is 0.257 e. The molecule has 1 aliphatic carbocycles. The van der Waals surface area contributed by atoms with E-state index in [4.69, 9.17) is 10.2 Å². The Bertz CT molecular complexity index is 454. The van der Waals surface area contributed by atoms with Gasteiger partial charge in [-0.2, -0.15) is 0 Å². The molecule has 0 radical (unpaired) electrons. The normalized spacial score (nSPS) is 31.4. The summed E-state index contributed by atoms with van der Waals surface area (Å²) < 4.78 is 5.21. The molecule has 3 rings (SSSR count). The molecule has 1 aromatic rings. The fourth-order valence-corrected chi connectivity index (χ4v) is 3.42. The average Bonchev–Trinajstić information content (AvgIpc) is 2.95. The van der Waals surface area contributed by atoms with E-state index in [1.54, 1.807) is 6.26 Å². The second-order valence-corrected chi connectivity index (χ2v) is 5.67. The van der Waals surface area contributed by atoms with Crippen molar-refractivity contribution in [2.45, 2.75) is 32.2 Å². The van der Waals surface area contributed by atoms with Gasteiger partial charge in [0, 0.05) is 19.1 Å². The Morgan fingerprint density at radius 1 is 1.44 bits per heavy atom. The van der Waals surface area contributed by atoms with Gasteiger partial charge in [0.05, 0.1) is 5.56 Å². The fourth-order valence-electron chi connectivity index (χ4n) is 3.42. The van der Waals surface area contributed by atoms with Crippen molar-refractivity contribution < 1.29 is 9.21 Å². The maximum Gasteiger partial charge on any atom is 0.257 e. The van der Waals surface area contributed by atoms with E-state index in [1.165, 1.54) is 12.8 Å². The zero-order valence-corrected chi connectivity index (χ0v) is 10.8. The summed E-state index contributed by atoms with van der Waals surface area (Å²) in [5.74, 6) is 1.97. The third kappa shape index (κ3) is 1.94. The minimum Gasteiger partial charge on any atom is -0.469 e. The van der Waals surface area contributed by atoms with Crippen LogP contribution in [0, 0.1) is 18.8 Å². The maximum absolute atomic E-state index is 12.3. The molecule has 1 aliphatic heterocycles. The van der Waals surface area contributed by atoms with Crippen LogP contribution in [0.15, 0.2) is 16.7 Å². The molecule has 2 aliphatic rings. The largest absolute Gasteiger partial charge is 0.469 e. The molecule has 4 nitrogen and oxygen atoms in total.